The second-order valence-electron chi connectivity index (χ2n) is 13.4. The van der Waals surface area contributed by atoms with Gasteiger partial charge in [-0.3, -0.25) is 0 Å². The molecule has 2 unspecified atom stereocenters. The van der Waals surface area contributed by atoms with E-state index in [1.165, 1.54) is 60.8 Å². The van der Waals surface area contributed by atoms with Crippen molar-refractivity contribution in [3.05, 3.63) is 129 Å². The van der Waals surface area contributed by atoms with Gasteiger partial charge in [-0.2, -0.15) is 0 Å². The molecule has 2 aliphatic carbocycles. The van der Waals surface area contributed by atoms with Crippen molar-refractivity contribution in [3.63, 3.8) is 0 Å². The van der Waals surface area contributed by atoms with Crippen LogP contribution in [0.3, 0.4) is 0 Å². The van der Waals surface area contributed by atoms with Gasteiger partial charge in [0.1, 0.15) is 11.5 Å². The van der Waals surface area contributed by atoms with Gasteiger partial charge in [-0.1, -0.05) is 137 Å². The molecule has 0 bridgehead atoms. The average molecular weight is 573 g/mol. The smallest absolute Gasteiger partial charge is 0.122 e. The van der Waals surface area contributed by atoms with Crippen molar-refractivity contribution >= 4 is 0 Å². The summed E-state index contributed by atoms with van der Waals surface area (Å²) in [6, 6.07) is 30.3. The zero-order valence-electron chi connectivity index (χ0n) is 26.1. The van der Waals surface area contributed by atoms with Gasteiger partial charge in [0.05, 0.1) is 0 Å². The predicted octanol–water partition coefficient (Wildman–Crippen LogP) is 11.1. The van der Waals surface area contributed by atoms with Crippen LogP contribution in [0.5, 0.6) is 11.5 Å². The zero-order valence-corrected chi connectivity index (χ0v) is 26.1. The Morgan fingerprint density at radius 1 is 0.535 bits per heavy atom. The second kappa shape index (κ2) is 13.4. The van der Waals surface area contributed by atoms with Gasteiger partial charge in [0.2, 0.25) is 0 Å². The number of hydrogen-bond acceptors (Lipinski definition) is 2. The molecule has 2 saturated carbocycles. The lowest BCUT2D eigenvalue weighted by Crippen LogP contribution is -2.09. The zero-order chi connectivity index (χ0) is 29.8. The average Bonchev–Trinajstić information content (AvgIpc) is 3.07. The SMILES string of the molecule is CC(c1ccccc1)c1cc(Cc2cc(C3CCCCC3)c(O)c(C(C)c3ccccc3)c2)cc(C2CCCCC2)c1O. The third kappa shape index (κ3) is 6.54. The van der Waals surface area contributed by atoms with E-state index < -0.39 is 0 Å². The Labute approximate surface area is 258 Å². The van der Waals surface area contributed by atoms with E-state index in [4.69, 9.17) is 0 Å². The summed E-state index contributed by atoms with van der Waals surface area (Å²) in [5.41, 5.74) is 9.32. The summed E-state index contributed by atoms with van der Waals surface area (Å²) >= 11 is 0. The summed E-state index contributed by atoms with van der Waals surface area (Å²) in [5.74, 6) is 2.05. The third-order valence-electron chi connectivity index (χ3n) is 10.5. The lowest BCUT2D eigenvalue weighted by molar-refractivity contribution is 0.410. The highest BCUT2D eigenvalue weighted by Gasteiger charge is 2.26. The molecule has 43 heavy (non-hydrogen) atoms. The Morgan fingerprint density at radius 2 is 0.907 bits per heavy atom. The van der Waals surface area contributed by atoms with Crippen molar-refractivity contribution in [2.75, 3.05) is 0 Å². The molecule has 2 fully saturated rings. The Balaban J connectivity index is 1.43. The highest BCUT2D eigenvalue weighted by atomic mass is 16.3. The van der Waals surface area contributed by atoms with E-state index in [9.17, 15) is 10.2 Å². The molecule has 0 saturated heterocycles. The molecule has 4 aromatic carbocycles. The summed E-state index contributed by atoms with van der Waals surface area (Å²) in [4.78, 5) is 0. The minimum Gasteiger partial charge on any atom is -0.507 e. The summed E-state index contributed by atoms with van der Waals surface area (Å²) in [6.07, 6.45) is 12.9. The van der Waals surface area contributed by atoms with Crippen molar-refractivity contribution in [2.45, 2.75) is 108 Å². The molecule has 224 valence electrons. The molecule has 2 heteroatoms. The van der Waals surface area contributed by atoms with Crippen molar-refractivity contribution in [1.29, 1.82) is 0 Å². The van der Waals surface area contributed by atoms with E-state index in [1.807, 2.05) is 0 Å². The summed E-state index contributed by atoms with van der Waals surface area (Å²) < 4.78 is 0. The summed E-state index contributed by atoms with van der Waals surface area (Å²) in [7, 11) is 0. The van der Waals surface area contributed by atoms with Crippen molar-refractivity contribution in [2.24, 2.45) is 0 Å². The Hall–Kier alpha value is -3.52. The number of rotatable bonds is 8. The molecule has 2 atom stereocenters. The molecule has 0 aliphatic heterocycles. The first-order valence-corrected chi connectivity index (χ1v) is 16.8. The Kier molecular flexibility index (Phi) is 9.22. The lowest BCUT2D eigenvalue weighted by Gasteiger charge is -2.27. The number of phenolic OH excluding ortho intramolecular Hbond substituents is 2. The molecular formula is C41H48O2. The van der Waals surface area contributed by atoms with Crippen LogP contribution >= 0.6 is 0 Å². The predicted molar refractivity (Wildman–Crippen MR) is 179 cm³/mol. The van der Waals surface area contributed by atoms with E-state index in [2.05, 4.69) is 98.8 Å². The van der Waals surface area contributed by atoms with Gasteiger partial charge in [0.15, 0.2) is 0 Å². The van der Waals surface area contributed by atoms with Gasteiger partial charge in [-0.25, -0.2) is 0 Å². The van der Waals surface area contributed by atoms with E-state index >= 15 is 0 Å². The third-order valence-corrected chi connectivity index (χ3v) is 10.5. The standard InChI is InChI=1S/C41H48O2/c1-28(32-15-7-3-8-16-32)36-24-30(26-38(40(36)42)34-19-11-5-12-20-34)23-31-25-37(29(2)33-17-9-4-10-18-33)41(43)39(27-31)35-21-13-6-14-22-35/h3-4,7-10,15-18,24-29,34-35,42-43H,5-6,11-14,19-23H2,1-2H3. The molecule has 0 heterocycles. The maximum Gasteiger partial charge on any atom is 0.122 e. The first kappa shape index (κ1) is 29.5. The van der Waals surface area contributed by atoms with Crippen LogP contribution in [0.15, 0.2) is 84.9 Å². The molecule has 0 radical (unpaired) electrons. The molecule has 6 rings (SSSR count). The Morgan fingerprint density at radius 3 is 1.28 bits per heavy atom. The highest BCUT2D eigenvalue weighted by molar-refractivity contribution is 5.54. The molecule has 0 aromatic heterocycles. The number of hydrogen-bond donors (Lipinski definition) is 2. The lowest BCUT2D eigenvalue weighted by atomic mass is 9.78. The van der Waals surface area contributed by atoms with Crippen LogP contribution in [-0.4, -0.2) is 10.2 Å². The van der Waals surface area contributed by atoms with E-state index in [0.29, 0.717) is 23.3 Å². The minimum atomic E-state index is 0.106. The van der Waals surface area contributed by atoms with Gasteiger partial charge < -0.3 is 10.2 Å². The molecule has 2 aliphatic rings. The fraction of sp³-hybridized carbons (Fsp3) is 0.415. The second-order valence-corrected chi connectivity index (χ2v) is 13.4. The first-order chi connectivity index (χ1) is 21.0. The fourth-order valence-corrected chi connectivity index (χ4v) is 7.88. The number of phenols is 2. The van der Waals surface area contributed by atoms with Crippen molar-refractivity contribution in [1.82, 2.24) is 0 Å². The monoisotopic (exact) mass is 572 g/mol. The largest absolute Gasteiger partial charge is 0.507 e. The van der Waals surface area contributed by atoms with E-state index in [0.717, 1.165) is 54.4 Å². The molecule has 4 aromatic rings. The Bertz CT molecular complexity index is 1380. The van der Waals surface area contributed by atoms with Gasteiger partial charge in [-0.05, 0) is 77.3 Å². The molecule has 2 nitrogen and oxygen atoms in total. The first-order valence-electron chi connectivity index (χ1n) is 16.8. The van der Waals surface area contributed by atoms with E-state index in [1.54, 1.807) is 0 Å². The number of aromatic hydroxyl groups is 2. The summed E-state index contributed by atoms with van der Waals surface area (Å²) in [5, 5.41) is 23.4. The van der Waals surface area contributed by atoms with Crippen LogP contribution < -0.4 is 0 Å². The van der Waals surface area contributed by atoms with Crippen LogP contribution in [0, 0.1) is 0 Å². The van der Waals surface area contributed by atoms with Gasteiger partial charge >= 0.3 is 0 Å². The quantitative estimate of drug-likeness (QED) is 0.220. The normalized spacial score (nSPS) is 17.9. The summed E-state index contributed by atoms with van der Waals surface area (Å²) in [6.45, 7) is 4.44. The maximum absolute atomic E-state index is 11.7. The topological polar surface area (TPSA) is 40.5 Å². The highest BCUT2D eigenvalue weighted by Crippen LogP contribution is 2.45. The minimum absolute atomic E-state index is 0.106. The van der Waals surface area contributed by atoms with E-state index in [-0.39, 0.29) is 11.8 Å². The van der Waals surface area contributed by atoms with Crippen molar-refractivity contribution in [3.8, 4) is 11.5 Å². The van der Waals surface area contributed by atoms with Crippen LogP contribution in [0.25, 0.3) is 0 Å². The molecule has 0 spiro atoms. The van der Waals surface area contributed by atoms with Crippen LogP contribution in [0.1, 0.15) is 146 Å². The van der Waals surface area contributed by atoms with Crippen LogP contribution in [0.2, 0.25) is 0 Å². The van der Waals surface area contributed by atoms with Crippen molar-refractivity contribution < 1.29 is 10.2 Å². The molecular weight excluding hydrogens is 524 g/mol. The van der Waals surface area contributed by atoms with Gasteiger partial charge in [0.25, 0.3) is 0 Å². The molecule has 0 amide bonds. The molecule has 2 N–H and O–H groups in total. The number of benzene rings is 4. The van der Waals surface area contributed by atoms with Gasteiger partial charge in [-0.15, -0.1) is 0 Å². The van der Waals surface area contributed by atoms with Crippen LogP contribution in [0.4, 0.5) is 0 Å². The maximum atomic E-state index is 11.7. The fourth-order valence-electron chi connectivity index (χ4n) is 7.88. The van der Waals surface area contributed by atoms with Crippen LogP contribution in [-0.2, 0) is 6.42 Å². The van der Waals surface area contributed by atoms with Gasteiger partial charge in [0, 0.05) is 23.0 Å².